The highest BCUT2D eigenvalue weighted by Crippen LogP contribution is 2.33. The Morgan fingerprint density at radius 2 is 0.818 bits per heavy atom. The van der Waals surface area contributed by atoms with Crippen LogP contribution in [0.25, 0.3) is 21.5 Å². The van der Waals surface area contributed by atoms with Crippen molar-refractivity contribution in [2.45, 2.75) is 27.7 Å². The van der Waals surface area contributed by atoms with Crippen LogP contribution in [0.1, 0.15) is 27.7 Å². The molecule has 0 atom stereocenters. The van der Waals surface area contributed by atoms with Crippen LogP contribution in [-0.4, -0.2) is 23.9 Å². The number of benzene rings is 4. The average Bonchev–Trinajstić information content (AvgIpc) is 2.98. The number of fused-ring (bicyclic) bond motifs is 2. The fraction of sp³-hybridized carbons (Fsp3) is 0.111. The fourth-order valence-electron chi connectivity index (χ4n) is 3.56. The summed E-state index contributed by atoms with van der Waals surface area (Å²) in [5.41, 5.74) is 1.23. The molecule has 8 heteroatoms. The maximum absolute atomic E-state index is 11.7. The third kappa shape index (κ3) is 8.39. The second kappa shape index (κ2) is 14.4. The van der Waals surface area contributed by atoms with Gasteiger partial charge in [0.1, 0.15) is 23.0 Å². The van der Waals surface area contributed by atoms with Gasteiger partial charge in [0.15, 0.2) is 0 Å². The Balaban J connectivity index is 0.000000240. The van der Waals surface area contributed by atoms with Gasteiger partial charge >= 0.3 is 23.9 Å². The van der Waals surface area contributed by atoms with Crippen molar-refractivity contribution in [2.75, 3.05) is 0 Å². The number of hydrogen-bond donors (Lipinski definition) is 0. The molecule has 0 aromatic heterocycles. The third-order valence-corrected chi connectivity index (χ3v) is 5.87. The van der Waals surface area contributed by atoms with Crippen LogP contribution in [0, 0.1) is 0 Å². The summed E-state index contributed by atoms with van der Waals surface area (Å²) in [6.45, 7) is 20.5. The third-order valence-electron chi connectivity index (χ3n) is 5.87. The van der Waals surface area contributed by atoms with Crippen molar-refractivity contribution >= 4 is 45.4 Å². The number of ether oxygens (including phenoxy) is 4. The lowest BCUT2D eigenvalue weighted by molar-refractivity contribution is -0.131. The first-order valence-electron chi connectivity index (χ1n) is 13.3. The molecule has 0 saturated heterocycles. The van der Waals surface area contributed by atoms with Crippen molar-refractivity contribution in [3.63, 3.8) is 0 Å². The quantitative estimate of drug-likeness (QED) is 0.117. The van der Waals surface area contributed by atoms with Gasteiger partial charge in [-0.3, -0.25) is 0 Å². The molecule has 0 N–H and O–H groups in total. The minimum Gasteiger partial charge on any atom is -0.423 e. The number of esters is 4. The predicted molar refractivity (Wildman–Crippen MR) is 170 cm³/mol. The van der Waals surface area contributed by atoms with E-state index >= 15 is 0 Å². The maximum atomic E-state index is 11.7. The number of carbonyl (C=O) groups excluding carboxylic acids is 4. The molecule has 0 radical (unpaired) electrons. The minimum absolute atomic E-state index is 0.307. The molecule has 0 fully saturated rings. The van der Waals surface area contributed by atoms with E-state index in [-0.39, 0.29) is 0 Å². The normalized spacial score (nSPS) is 10.1. The van der Waals surface area contributed by atoms with Gasteiger partial charge < -0.3 is 18.9 Å². The zero-order valence-electron chi connectivity index (χ0n) is 25.0. The Bertz CT molecular complexity index is 1720. The van der Waals surface area contributed by atoms with Crippen molar-refractivity contribution in [1.82, 2.24) is 0 Å². The van der Waals surface area contributed by atoms with E-state index in [9.17, 15) is 19.2 Å². The Morgan fingerprint density at radius 1 is 0.455 bits per heavy atom. The van der Waals surface area contributed by atoms with Crippen LogP contribution < -0.4 is 18.9 Å². The van der Waals surface area contributed by atoms with Gasteiger partial charge in [0.2, 0.25) is 0 Å². The van der Waals surface area contributed by atoms with Gasteiger partial charge in [-0.2, -0.15) is 0 Å². The minimum atomic E-state index is -0.504. The van der Waals surface area contributed by atoms with Crippen molar-refractivity contribution in [2.24, 2.45) is 0 Å². The van der Waals surface area contributed by atoms with Crippen molar-refractivity contribution < 1.29 is 38.1 Å². The van der Waals surface area contributed by atoms with Crippen molar-refractivity contribution in [3.05, 3.63) is 121 Å². The topological polar surface area (TPSA) is 105 Å². The van der Waals surface area contributed by atoms with Gasteiger partial charge in [0.25, 0.3) is 0 Å². The lowest BCUT2D eigenvalue weighted by Gasteiger charge is -2.11. The summed E-state index contributed by atoms with van der Waals surface area (Å²) in [5.74, 6) is -0.489. The van der Waals surface area contributed by atoms with E-state index in [1.165, 1.54) is 0 Å². The van der Waals surface area contributed by atoms with E-state index in [0.717, 1.165) is 5.39 Å². The molecule has 224 valence electrons. The molecule has 0 spiro atoms. The van der Waals surface area contributed by atoms with E-state index in [1.54, 1.807) is 94.4 Å². The number of hydrogen-bond acceptors (Lipinski definition) is 8. The highest BCUT2D eigenvalue weighted by atomic mass is 16.5. The van der Waals surface area contributed by atoms with E-state index in [4.69, 9.17) is 18.9 Å². The van der Waals surface area contributed by atoms with Gasteiger partial charge in [0, 0.05) is 38.5 Å². The van der Waals surface area contributed by atoms with E-state index in [0.29, 0.717) is 61.4 Å². The summed E-state index contributed by atoms with van der Waals surface area (Å²) in [6.07, 6.45) is 0. The zero-order valence-corrected chi connectivity index (χ0v) is 25.0. The van der Waals surface area contributed by atoms with Gasteiger partial charge in [-0.05, 0) is 63.4 Å². The number of carbonyl (C=O) groups is 4. The molecule has 0 heterocycles. The van der Waals surface area contributed by atoms with Crippen LogP contribution >= 0.6 is 0 Å². The lowest BCUT2D eigenvalue weighted by Crippen LogP contribution is -2.09. The van der Waals surface area contributed by atoms with Crippen molar-refractivity contribution in [1.29, 1.82) is 0 Å². The molecular formula is C36H32O8. The summed E-state index contributed by atoms with van der Waals surface area (Å²) in [7, 11) is 0. The first-order valence-corrected chi connectivity index (χ1v) is 13.3. The number of rotatable bonds is 8. The first-order chi connectivity index (χ1) is 20.8. The molecule has 4 rings (SSSR count). The molecule has 8 nitrogen and oxygen atoms in total. The Labute approximate surface area is 255 Å². The summed E-state index contributed by atoms with van der Waals surface area (Å²) in [6, 6.07) is 20.8. The van der Waals surface area contributed by atoms with E-state index < -0.39 is 23.9 Å². The molecule has 0 aliphatic heterocycles. The smallest absolute Gasteiger partial charge is 0.338 e. The molecule has 44 heavy (non-hydrogen) atoms. The second-order valence-corrected chi connectivity index (χ2v) is 9.93. The summed E-state index contributed by atoms with van der Waals surface area (Å²) in [5, 5.41) is 2.87. The molecule has 0 aliphatic carbocycles. The van der Waals surface area contributed by atoms with Crippen LogP contribution in [0.2, 0.25) is 0 Å². The van der Waals surface area contributed by atoms with E-state index in [2.05, 4.69) is 26.3 Å². The monoisotopic (exact) mass is 592 g/mol. The highest BCUT2D eigenvalue weighted by molar-refractivity contribution is 5.99. The van der Waals surface area contributed by atoms with Gasteiger partial charge in [-0.15, -0.1) is 0 Å². The lowest BCUT2D eigenvalue weighted by atomic mass is 10.1. The van der Waals surface area contributed by atoms with Crippen LogP contribution in [-0.2, 0) is 19.2 Å². The first kappa shape index (κ1) is 32.8. The van der Waals surface area contributed by atoms with Crippen molar-refractivity contribution in [3.8, 4) is 23.0 Å². The Morgan fingerprint density at radius 3 is 1.23 bits per heavy atom. The molecule has 0 unspecified atom stereocenters. The van der Waals surface area contributed by atoms with Crippen LogP contribution in [0.15, 0.2) is 121 Å². The Kier molecular flexibility index (Phi) is 10.7. The fourth-order valence-corrected chi connectivity index (χ4v) is 3.56. The average molecular weight is 593 g/mol. The second-order valence-electron chi connectivity index (χ2n) is 9.93. The maximum Gasteiger partial charge on any atom is 0.338 e. The SMILES string of the molecule is C=C(C)C(=O)Oc1ccc2cccc(OC(=O)C(=C)C)c2c1.C=C(C)C(=O)Oc1cccc2c(OC(=O)C(=C)C)cccc12. The summed E-state index contributed by atoms with van der Waals surface area (Å²) >= 11 is 0. The molecule has 0 saturated carbocycles. The van der Waals surface area contributed by atoms with Crippen LogP contribution in [0.5, 0.6) is 23.0 Å². The predicted octanol–water partition coefficient (Wildman–Crippen LogP) is 7.61. The molecular weight excluding hydrogens is 560 g/mol. The molecule has 0 amide bonds. The van der Waals surface area contributed by atoms with Gasteiger partial charge in [-0.25, -0.2) is 19.2 Å². The highest BCUT2D eigenvalue weighted by Gasteiger charge is 2.14. The molecule has 4 aromatic rings. The largest absolute Gasteiger partial charge is 0.423 e. The van der Waals surface area contributed by atoms with Gasteiger partial charge in [0.05, 0.1) is 0 Å². The summed E-state index contributed by atoms with van der Waals surface area (Å²) in [4.78, 5) is 46.6. The van der Waals surface area contributed by atoms with E-state index in [1.807, 2.05) is 6.07 Å². The van der Waals surface area contributed by atoms with Crippen LogP contribution in [0.3, 0.4) is 0 Å². The summed E-state index contributed by atoms with van der Waals surface area (Å²) < 4.78 is 21.1. The standard InChI is InChI=1S/2C18H16O4/c1-11(2)17(19)21-15-9-5-8-14-13(15)7-6-10-16(14)22-18(20)12(3)4;1-11(2)17(19)21-14-9-8-13-6-5-7-16(15(13)10-14)22-18(20)12(3)4/h2*5-10H,1,3H2,2,4H3. The molecule has 0 aliphatic rings. The molecule has 4 aromatic carbocycles. The van der Waals surface area contributed by atoms with Gasteiger partial charge in [-0.1, -0.05) is 68.8 Å². The molecule has 0 bridgehead atoms. The zero-order chi connectivity index (χ0) is 32.6. The van der Waals surface area contributed by atoms with Crippen LogP contribution in [0.4, 0.5) is 0 Å². The Hall–Kier alpha value is -5.76.